The van der Waals surface area contributed by atoms with E-state index >= 15 is 0 Å². The van der Waals surface area contributed by atoms with Gasteiger partial charge in [0, 0.05) is 12.4 Å². The molecule has 8 heteroatoms. The highest BCUT2D eigenvalue weighted by molar-refractivity contribution is 7.14. The van der Waals surface area contributed by atoms with Crippen molar-refractivity contribution in [3.8, 4) is 6.07 Å². The summed E-state index contributed by atoms with van der Waals surface area (Å²) < 4.78 is 4.98. The molecule has 2 heterocycles. The molecule has 0 atom stereocenters. The average Bonchev–Trinajstić information content (AvgIpc) is 3.06. The Balaban J connectivity index is 1.62. The van der Waals surface area contributed by atoms with E-state index in [0.29, 0.717) is 21.6 Å². The molecule has 0 fully saturated rings. The summed E-state index contributed by atoms with van der Waals surface area (Å²) in [5.41, 5.74) is 1.87. The van der Waals surface area contributed by atoms with Crippen LogP contribution in [-0.4, -0.2) is 28.5 Å². The normalized spacial score (nSPS) is 10.1. The third kappa shape index (κ3) is 3.37. The fourth-order valence-corrected chi connectivity index (χ4v) is 2.72. The topological polar surface area (TPSA) is 105 Å². The molecule has 0 aliphatic heterocycles. The quantitative estimate of drug-likeness (QED) is 0.732. The molecule has 3 rings (SSSR count). The first-order valence-electron chi connectivity index (χ1n) is 6.83. The zero-order valence-corrected chi connectivity index (χ0v) is 13.0. The number of rotatable bonds is 4. The number of anilines is 1. The summed E-state index contributed by atoms with van der Waals surface area (Å²) in [5.74, 6) is -1.15. The first kappa shape index (κ1) is 15.6. The van der Waals surface area contributed by atoms with Gasteiger partial charge in [0.2, 0.25) is 0 Å². The number of ether oxygens (including phenoxy) is 1. The van der Waals surface area contributed by atoms with Gasteiger partial charge in [-0.05, 0) is 29.6 Å². The minimum absolute atomic E-state index is 0.282. The molecule has 0 radical (unpaired) electrons. The largest absolute Gasteiger partial charge is 0.452 e. The molecule has 0 saturated carbocycles. The maximum atomic E-state index is 12.0. The fourth-order valence-electron chi connectivity index (χ4n) is 1.96. The van der Waals surface area contributed by atoms with Crippen molar-refractivity contribution in [2.45, 2.75) is 0 Å². The molecule has 0 aliphatic carbocycles. The summed E-state index contributed by atoms with van der Waals surface area (Å²) in [6, 6.07) is 8.33. The van der Waals surface area contributed by atoms with Gasteiger partial charge in [0.1, 0.15) is 11.1 Å². The summed E-state index contributed by atoms with van der Waals surface area (Å²) in [5, 5.41) is 13.5. The van der Waals surface area contributed by atoms with E-state index in [2.05, 4.69) is 15.3 Å². The molecule has 0 unspecified atom stereocenters. The van der Waals surface area contributed by atoms with Gasteiger partial charge in [-0.2, -0.15) is 5.26 Å². The van der Waals surface area contributed by atoms with Gasteiger partial charge in [0.05, 0.1) is 22.2 Å². The molecule has 0 spiro atoms. The van der Waals surface area contributed by atoms with Crippen molar-refractivity contribution >= 4 is 39.2 Å². The smallest absolute Gasteiger partial charge is 0.338 e. The molecule has 118 valence electrons. The first-order chi connectivity index (χ1) is 11.7. The summed E-state index contributed by atoms with van der Waals surface area (Å²) in [6.45, 7) is -0.444. The van der Waals surface area contributed by atoms with Gasteiger partial charge < -0.3 is 10.1 Å². The average molecular weight is 338 g/mol. The van der Waals surface area contributed by atoms with Crippen LogP contribution in [0.4, 0.5) is 5.00 Å². The van der Waals surface area contributed by atoms with Crippen molar-refractivity contribution in [1.29, 1.82) is 5.26 Å². The summed E-state index contributed by atoms with van der Waals surface area (Å²) in [7, 11) is 0. The first-order valence-corrected chi connectivity index (χ1v) is 7.70. The highest BCUT2D eigenvalue weighted by Gasteiger charge is 2.13. The molecule has 0 bridgehead atoms. The van der Waals surface area contributed by atoms with Gasteiger partial charge in [0.15, 0.2) is 6.61 Å². The van der Waals surface area contributed by atoms with Crippen molar-refractivity contribution in [1.82, 2.24) is 9.97 Å². The molecule has 7 nitrogen and oxygen atoms in total. The summed E-state index contributed by atoms with van der Waals surface area (Å²) in [6.07, 6.45) is 3.09. The number of benzene rings is 1. The van der Waals surface area contributed by atoms with E-state index in [9.17, 15) is 9.59 Å². The Morgan fingerprint density at radius 2 is 2.00 bits per heavy atom. The SMILES string of the molecule is N#Cc1ccsc1NC(=O)COC(=O)c1ccc2nccnc2c1. The summed E-state index contributed by atoms with van der Waals surface area (Å²) >= 11 is 1.22. The predicted molar refractivity (Wildman–Crippen MR) is 87.5 cm³/mol. The molecule has 3 aromatic rings. The fraction of sp³-hybridized carbons (Fsp3) is 0.0625. The van der Waals surface area contributed by atoms with Crippen molar-refractivity contribution in [2.75, 3.05) is 11.9 Å². The molecule has 1 aromatic carbocycles. The van der Waals surface area contributed by atoms with E-state index in [0.717, 1.165) is 0 Å². The van der Waals surface area contributed by atoms with Gasteiger partial charge in [-0.15, -0.1) is 11.3 Å². The van der Waals surface area contributed by atoms with Crippen LogP contribution in [-0.2, 0) is 9.53 Å². The molecule has 1 amide bonds. The highest BCUT2D eigenvalue weighted by Crippen LogP contribution is 2.21. The minimum atomic E-state index is -0.635. The van der Waals surface area contributed by atoms with Crippen molar-refractivity contribution in [3.63, 3.8) is 0 Å². The van der Waals surface area contributed by atoms with Crippen LogP contribution >= 0.6 is 11.3 Å². The zero-order valence-electron chi connectivity index (χ0n) is 12.2. The number of carbonyl (C=O) groups is 2. The van der Waals surface area contributed by atoms with E-state index < -0.39 is 18.5 Å². The van der Waals surface area contributed by atoms with E-state index in [1.54, 1.807) is 35.8 Å². The second-order valence-corrected chi connectivity index (χ2v) is 5.58. The van der Waals surface area contributed by atoms with Gasteiger partial charge in [-0.3, -0.25) is 14.8 Å². The second kappa shape index (κ2) is 6.85. The standard InChI is InChI=1S/C16H10N4O3S/c17-8-11-3-6-24-15(11)20-14(21)9-23-16(22)10-1-2-12-13(7-10)19-5-4-18-12/h1-7H,9H2,(H,20,21). The Morgan fingerprint density at radius 1 is 1.21 bits per heavy atom. The van der Waals surface area contributed by atoms with Gasteiger partial charge in [0.25, 0.3) is 5.91 Å². The van der Waals surface area contributed by atoms with Crippen LogP contribution < -0.4 is 5.32 Å². The van der Waals surface area contributed by atoms with Gasteiger partial charge in [-0.1, -0.05) is 0 Å². The van der Waals surface area contributed by atoms with Gasteiger partial charge in [-0.25, -0.2) is 4.79 Å². The molecule has 24 heavy (non-hydrogen) atoms. The number of fused-ring (bicyclic) bond motifs is 1. The zero-order chi connectivity index (χ0) is 16.9. The number of nitrogens with one attached hydrogen (secondary N) is 1. The van der Waals surface area contributed by atoms with Crippen molar-refractivity contribution < 1.29 is 14.3 Å². The Labute approximate surface area is 140 Å². The number of carbonyl (C=O) groups excluding carboxylic acids is 2. The molecule has 0 saturated heterocycles. The lowest BCUT2D eigenvalue weighted by Gasteiger charge is -2.06. The van der Waals surface area contributed by atoms with E-state index in [-0.39, 0.29) is 5.56 Å². The van der Waals surface area contributed by atoms with Crippen LogP contribution in [0.5, 0.6) is 0 Å². The monoisotopic (exact) mass is 338 g/mol. The van der Waals surface area contributed by atoms with Crippen molar-refractivity contribution in [2.24, 2.45) is 0 Å². The number of thiophene rings is 1. The van der Waals surface area contributed by atoms with Crippen LogP contribution in [0.1, 0.15) is 15.9 Å². The van der Waals surface area contributed by atoms with Crippen molar-refractivity contribution in [3.05, 3.63) is 53.2 Å². The second-order valence-electron chi connectivity index (χ2n) is 4.66. The highest BCUT2D eigenvalue weighted by atomic mass is 32.1. The number of aromatic nitrogens is 2. The van der Waals surface area contributed by atoms with E-state index in [1.165, 1.54) is 17.5 Å². The van der Waals surface area contributed by atoms with E-state index in [1.807, 2.05) is 6.07 Å². The third-order valence-electron chi connectivity index (χ3n) is 3.08. The number of hydrogen-bond acceptors (Lipinski definition) is 7. The Hall–Kier alpha value is -3.31. The number of amides is 1. The molecular formula is C16H10N4O3S. The Morgan fingerprint density at radius 3 is 2.79 bits per heavy atom. The van der Waals surface area contributed by atoms with Gasteiger partial charge >= 0.3 is 5.97 Å². The van der Waals surface area contributed by atoms with Crippen LogP contribution in [0, 0.1) is 11.3 Å². The maximum Gasteiger partial charge on any atom is 0.338 e. The molecule has 1 N–H and O–H groups in total. The summed E-state index contributed by atoms with van der Waals surface area (Å²) in [4.78, 5) is 32.1. The maximum absolute atomic E-state index is 12.0. The minimum Gasteiger partial charge on any atom is -0.452 e. The molecule has 2 aromatic heterocycles. The van der Waals surface area contributed by atoms with E-state index in [4.69, 9.17) is 10.00 Å². The number of nitrogens with zero attached hydrogens (tertiary/aromatic N) is 3. The van der Waals surface area contributed by atoms with Crippen LogP contribution in [0.15, 0.2) is 42.0 Å². The van der Waals surface area contributed by atoms with Crippen LogP contribution in [0.3, 0.4) is 0 Å². The lowest BCUT2D eigenvalue weighted by Crippen LogP contribution is -2.20. The van der Waals surface area contributed by atoms with Crippen LogP contribution in [0.2, 0.25) is 0 Å². The predicted octanol–water partition coefficient (Wildman–Crippen LogP) is 2.36. The number of nitriles is 1. The number of hydrogen-bond donors (Lipinski definition) is 1. The van der Waals surface area contributed by atoms with Crippen LogP contribution in [0.25, 0.3) is 11.0 Å². The Bertz CT molecular complexity index is 961. The third-order valence-corrected chi connectivity index (χ3v) is 3.91. The molecular weight excluding hydrogens is 328 g/mol. The lowest BCUT2D eigenvalue weighted by atomic mass is 10.2. The Kier molecular flexibility index (Phi) is 4.45. The number of esters is 1. The molecule has 0 aliphatic rings. The lowest BCUT2D eigenvalue weighted by molar-refractivity contribution is -0.119.